The molecule has 0 aromatic carbocycles. The monoisotopic (exact) mass is 245 g/mol. The average molecular weight is 246 g/mol. The Hall–Kier alpha value is -0.240. The lowest BCUT2D eigenvalue weighted by molar-refractivity contribution is -0.121. The van der Waals surface area contributed by atoms with Gasteiger partial charge in [0, 0.05) is 18.8 Å². The van der Waals surface area contributed by atoms with E-state index in [9.17, 15) is 4.79 Å². The maximum atomic E-state index is 11.4. The van der Waals surface area contributed by atoms with Gasteiger partial charge in [0.25, 0.3) is 0 Å². The van der Waals surface area contributed by atoms with Crippen molar-refractivity contribution in [1.29, 1.82) is 0 Å². The lowest BCUT2D eigenvalue weighted by atomic mass is 9.81. The van der Waals surface area contributed by atoms with Gasteiger partial charge >= 0.3 is 0 Å². The topological polar surface area (TPSA) is 29.1 Å². The van der Waals surface area contributed by atoms with Gasteiger partial charge in [-0.2, -0.15) is 0 Å². The number of amides is 1. The van der Waals surface area contributed by atoms with Crippen LogP contribution in [0.25, 0.3) is 0 Å². The molecule has 1 amide bonds. The molecule has 0 saturated heterocycles. The Balaban J connectivity index is 2.07. The highest BCUT2D eigenvalue weighted by atomic mass is 35.5. The Morgan fingerprint density at radius 2 is 1.88 bits per heavy atom. The van der Waals surface area contributed by atoms with Crippen molar-refractivity contribution in [2.45, 2.75) is 51.9 Å². The van der Waals surface area contributed by atoms with E-state index in [4.69, 9.17) is 11.6 Å². The average Bonchev–Trinajstić information content (AvgIpc) is 2.34. The summed E-state index contributed by atoms with van der Waals surface area (Å²) in [5.41, 5.74) is 0. The van der Waals surface area contributed by atoms with Crippen LogP contribution in [0.15, 0.2) is 0 Å². The van der Waals surface area contributed by atoms with E-state index in [1.54, 1.807) is 0 Å². The number of rotatable bonds is 6. The summed E-state index contributed by atoms with van der Waals surface area (Å²) in [6.07, 6.45) is 7.94. The van der Waals surface area contributed by atoms with E-state index in [0.717, 1.165) is 18.9 Å². The molecule has 1 saturated carbocycles. The maximum Gasteiger partial charge on any atom is 0.220 e. The molecule has 1 rings (SSSR count). The number of carbonyl (C=O) groups excluding carboxylic acids is 1. The molecule has 0 bridgehead atoms. The summed E-state index contributed by atoms with van der Waals surface area (Å²) < 4.78 is 0. The molecule has 1 aliphatic rings. The van der Waals surface area contributed by atoms with Crippen LogP contribution in [0.4, 0.5) is 0 Å². The van der Waals surface area contributed by atoms with Crippen LogP contribution in [0.5, 0.6) is 0 Å². The van der Waals surface area contributed by atoms with Crippen molar-refractivity contribution in [3.8, 4) is 0 Å². The van der Waals surface area contributed by atoms with Crippen molar-refractivity contribution in [1.82, 2.24) is 5.32 Å². The van der Waals surface area contributed by atoms with Crippen molar-refractivity contribution in [2.75, 3.05) is 12.4 Å². The molecule has 2 nitrogen and oxygen atoms in total. The lowest BCUT2D eigenvalue weighted by Gasteiger charge is -2.27. The Kier molecular flexibility index (Phi) is 6.86. The number of hydrogen-bond acceptors (Lipinski definition) is 1. The normalized spacial score (nSPS) is 25.4. The summed E-state index contributed by atoms with van der Waals surface area (Å²) in [5, 5.41) is 3.02. The number of halogens is 1. The standard InChI is InChI=1S/C13H24ClNO/c1-2-11-5-7-12(8-6-11)10-15-13(16)4-3-9-14/h11-12H,2-10H2,1H3,(H,15,16). The molecular weight excluding hydrogens is 222 g/mol. The van der Waals surface area contributed by atoms with Gasteiger partial charge in [-0.3, -0.25) is 4.79 Å². The van der Waals surface area contributed by atoms with E-state index in [-0.39, 0.29) is 5.91 Å². The molecule has 0 spiro atoms. The van der Waals surface area contributed by atoms with Gasteiger partial charge in [0.05, 0.1) is 0 Å². The summed E-state index contributed by atoms with van der Waals surface area (Å²) in [6.45, 7) is 3.15. The fourth-order valence-electron chi connectivity index (χ4n) is 2.42. The second kappa shape index (κ2) is 7.94. The minimum Gasteiger partial charge on any atom is -0.356 e. The molecule has 0 aromatic heterocycles. The number of carbonyl (C=O) groups is 1. The minimum absolute atomic E-state index is 0.165. The van der Waals surface area contributed by atoms with Crippen molar-refractivity contribution in [3.63, 3.8) is 0 Å². The minimum atomic E-state index is 0.165. The SMILES string of the molecule is CCC1CCC(CNC(=O)CCCCl)CC1. The molecule has 1 N–H and O–H groups in total. The van der Waals surface area contributed by atoms with Crippen LogP contribution in [0.2, 0.25) is 0 Å². The number of nitrogens with one attached hydrogen (secondary N) is 1. The third kappa shape index (κ3) is 5.20. The van der Waals surface area contributed by atoms with Crippen LogP contribution in [0, 0.1) is 11.8 Å². The van der Waals surface area contributed by atoms with Crippen molar-refractivity contribution < 1.29 is 4.79 Å². The van der Waals surface area contributed by atoms with Gasteiger partial charge in [-0.05, 0) is 31.1 Å². The molecule has 1 aliphatic carbocycles. The van der Waals surface area contributed by atoms with E-state index in [0.29, 0.717) is 18.2 Å². The fourth-order valence-corrected chi connectivity index (χ4v) is 2.55. The Bertz CT molecular complexity index is 200. The largest absolute Gasteiger partial charge is 0.356 e. The zero-order valence-electron chi connectivity index (χ0n) is 10.3. The number of hydrogen-bond donors (Lipinski definition) is 1. The predicted molar refractivity (Wildman–Crippen MR) is 68.7 cm³/mol. The van der Waals surface area contributed by atoms with Crippen LogP contribution in [-0.4, -0.2) is 18.3 Å². The first-order chi connectivity index (χ1) is 7.76. The quantitative estimate of drug-likeness (QED) is 0.715. The Labute approximate surface area is 104 Å². The molecular formula is C13H24ClNO. The van der Waals surface area contributed by atoms with Crippen molar-refractivity contribution in [2.24, 2.45) is 11.8 Å². The second-order valence-corrected chi connectivity index (χ2v) is 5.27. The molecule has 94 valence electrons. The van der Waals surface area contributed by atoms with Gasteiger partial charge < -0.3 is 5.32 Å². The van der Waals surface area contributed by atoms with Crippen LogP contribution in [0.3, 0.4) is 0 Å². The highest BCUT2D eigenvalue weighted by molar-refractivity contribution is 6.17. The third-order valence-electron chi connectivity index (χ3n) is 3.67. The summed E-state index contributed by atoms with van der Waals surface area (Å²) in [6, 6.07) is 0. The van der Waals surface area contributed by atoms with Gasteiger partial charge in [0.1, 0.15) is 0 Å². The van der Waals surface area contributed by atoms with E-state index in [2.05, 4.69) is 12.2 Å². The van der Waals surface area contributed by atoms with Crippen LogP contribution in [0.1, 0.15) is 51.9 Å². The molecule has 0 aliphatic heterocycles. The predicted octanol–water partition coefficient (Wildman–Crippen LogP) is 3.34. The lowest BCUT2D eigenvalue weighted by Crippen LogP contribution is -2.31. The fraction of sp³-hybridized carbons (Fsp3) is 0.923. The van der Waals surface area contributed by atoms with E-state index < -0.39 is 0 Å². The molecule has 0 heterocycles. The smallest absolute Gasteiger partial charge is 0.220 e. The number of alkyl halides is 1. The molecule has 3 heteroatoms. The van der Waals surface area contributed by atoms with E-state index in [1.807, 2.05) is 0 Å². The summed E-state index contributed by atoms with van der Waals surface area (Å²) in [4.78, 5) is 11.4. The summed E-state index contributed by atoms with van der Waals surface area (Å²) >= 11 is 5.55. The van der Waals surface area contributed by atoms with Crippen LogP contribution < -0.4 is 5.32 Å². The first-order valence-corrected chi connectivity index (χ1v) is 7.12. The van der Waals surface area contributed by atoms with Gasteiger partial charge in [-0.1, -0.05) is 26.2 Å². The van der Waals surface area contributed by atoms with E-state index in [1.165, 1.54) is 32.1 Å². The van der Waals surface area contributed by atoms with Crippen LogP contribution in [-0.2, 0) is 4.79 Å². The first kappa shape index (κ1) is 13.8. The summed E-state index contributed by atoms with van der Waals surface area (Å²) in [7, 11) is 0. The highest BCUT2D eigenvalue weighted by Crippen LogP contribution is 2.30. The van der Waals surface area contributed by atoms with Gasteiger partial charge in [-0.25, -0.2) is 0 Å². The first-order valence-electron chi connectivity index (χ1n) is 6.59. The third-order valence-corrected chi connectivity index (χ3v) is 3.94. The molecule has 16 heavy (non-hydrogen) atoms. The molecule has 0 aromatic rings. The highest BCUT2D eigenvalue weighted by Gasteiger charge is 2.19. The molecule has 0 atom stereocenters. The van der Waals surface area contributed by atoms with Crippen LogP contribution >= 0.6 is 11.6 Å². The maximum absolute atomic E-state index is 11.4. The molecule has 0 unspecified atom stereocenters. The molecule has 1 fully saturated rings. The van der Waals surface area contributed by atoms with Gasteiger partial charge in [0.15, 0.2) is 0 Å². The Morgan fingerprint density at radius 3 is 2.44 bits per heavy atom. The van der Waals surface area contributed by atoms with E-state index >= 15 is 0 Å². The van der Waals surface area contributed by atoms with Crippen molar-refractivity contribution >= 4 is 17.5 Å². The zero-order valence-corrected chi connectivity index (χ0v) is 11.1. The molecule has 0 radical (unpaired) electrons. The summed E-state index contributed by atoms with van der Waals surface area (Å²) in [5.74, 6) is 2.39. The second-order valence-electron chi connectivity index (χ2n) is 4.89. The van der Waals surface area contributed by atoms with Gasteiger partial charge in [0.2, 0.25) is 5.91 Å². The zero-order chi connectivity index (χ0) is 11.8. The Morgan fingerprint density at radius 1 is 1.25 bits per heavy atom. The van der Waals surface area contributed by atoms with Gasteiger partial charge in [-0.15, -0.1) is 11.6 Å². The van der Waals surface area contributed by atoms with Crippen molar-refractivity contribution in [3.05, 3.63) is 0 Å².